The van der Waals surface area contributed by atoms with Crippen LogP contribution in [-0.4, -0.2) is 41.5 Å². The van der Waals surface area contributed by atoms with Gasteiger partial charge in [-0.25, -0.2) is 0 Å². The lowest BCUT2D eigenvalue weighted by Gasteiger charge is -2.37. The minimum atomic E-state index is -0.651. The molecule has 1 atom stereocenters. The molecular formula is C17H21N3O5S. The van der Waals surface area contributed by atoms with Gasteiger partial charge < -0.3 is 19.7 Å². The maximum atomic E-state index is 12.3. The largest absolute Gasteiger partial charge is 0.496 e. The molecule has 1 aliphatic heterocycles. The average Bonchev–Trinajstić information content (AvgIpc) is 2.59. The molecule has 8 nitrogen and oxygen atoms in total. The quantitative estimate of drug-likeness (QED) is 0.458. The number of hydrogen-bond acceptors (Lipinski definition) is 6. The highest BCUT2D eigenvalue weighted by molar-refractivity contribution is 7.80. The van der Waals surface area contributed by atoms with Crippen LogP contribution in [0, 0.1) is 10.1 Å². The molecule has 140 valence electrons. The van der Waals surface area contributed by atoms with Gasteiger partial charge in [-0.3, -0.25) is 14.9 Å². The molecule has 0 amide bonds. The van der Waals surface area contributed by atoms with Gasteiger partial charge in [0.25, 0.3) is 0 Å². The second-order valence-corrected chi connectivity index (χ2v) is 6.09. The number of Topliss-reactive ketones (excluding diaryl/α,β-unsaturated/α-hetero) is 1. The molecule has 0 spiro atoms. The average molecular weight is 379 g/mol. The number of ether oxygens (including phenoxy) is 2. The number of nitro groups is 1. The fraction of sp³-hybridized carbons (Fsp3) is 0.412. The molecule has 1 heterocycles. The minimum absolute atomic E-state index is 0.0780. The van der Waals surface area contributed by atoms with E-state index in [1.54, 1.807) is 0 Å². The van der Waals surface area contributed by atoms with Gasteiger partial charge >= 0.3 is 5.69 Å². The number of carbonyl (C=O) groups is 1. The Bertz CT molecular complexity index is 806. The first-order valence-corrected chi connectivity index (χ1v) is 8.37. The van der Waals surface area contributed by atoms with Crippen LogP contribution in [0.15, 0.2) is 23.4 Å². The molecule has 0 radical (unpaired) electrons. The van der Waals surface area contributed by atoms with Crippen LogP contribution in [0.25, 0.3) is 0 Å². The first-order valence-electron chi connectivity index (χ1n) is 7.96. The Hall–Kier alpha value is -2.68. The van der Waals surface area contributed by atoms with Crippen LogP contribution in [0.4, 0.5) is 5.69 Å². The number of ketones is 1. The number of hydrogen-bond donors (Lipinski definition) is 1. The molecule has 0 fully saturated rings. The summed E-state index contributed by atoms with van der Waals surface area (Å²) < 4.78 is 10.5. The third-order valence-corrected chi connectivity index (χ3v) is 4.67. The first-order chi connectivity index (χ1) is 12.3. The van der Waals surface area contributed by atoms with Crippen molar-refractivity contribution in [2.45, 2.75) is 26.8 Å². The van der Waals surface area contributed by atoms with Crippen LogP contribution in [0.1, 0.15) is 32.4 Å². The third-order valence-electron chi connectivity index (χ3n) is 4.33. The van der Waals surface area contributed by atoms with Gasteiger partial charge in [0.1, 0.15) is 5.75 Å². The molecular weight excluding hydrogens is 358 g/mol. The van der Waals surface area contributed by atoms with Crippen LogP contribution < -0.4 is 14.8 Å². The fourth-order valence-electron chi connectivity index (χ4n) is 3.13. The predicted molar refractivity (Wildman–Crippen MR) is 100 cm³/mol. The topological polar surface area (TPSA) is 93.9 Å². The fourth-order valence-corrected chi connectivity index (χ4v) is 3.51. The van der Waals surface area contributed by atoms with Crippen LogP contribution in [0.5, 0.6) is 11.5 Å². The summed E-state index contributed by atoms with van der Waals surface area (Å²) in [7, 11) is 2.80. The van der Waals surface area contributed by atoms with Gasteiger partial charge in [0, 0.05) is 35.5 Å². The lowest BCUT2D eigenvalue weighted by molar-refractivity contribution is -0.385. The van der Waals surface area contributed by atoms with Gasteiger partial charge in [0.05, 0.1) is 25.2 Å². The smallest absolute Gasteiger partial charge is 0.311 e. The summed E-state index contributed by atoms with van der Waals surface area (Å²) in [6.45, 7) is 5.79. The summed E-state index contributed by atoms with van der Waals surface area (Å²) in [4.78, 5) is 25.0. The Morgan fingerprint density at radius 1 is 1.35 bits per heavy atom. The van der Waals surface area contributed by atoms with E-state index in [0.717, 1.165) is 0 Å². The number of carbonyl (C=O) groups excluding carboxylic acids is 1. The molecule has 0 aromatic heterocycles. The van der Waals surface area contributed by atoms with Gasteiger partial charge in [0.2, 0.25) is 5.75 Å². The molecule has 1 unspecified atom stereocenters. The lowest BCUT2D eigenvalue weighted by Crippen LogP contribution is -2.47. The van der Waals surface area contributed by atoms with Crippen molar-refractivity contribution in [3.05, 3.63) is 39.1 Å². The Morgan fingerprint density at radius 3 is 2.42 bits per heavy atom. The van der Waals surface area contributed by atoms with Crippen LogP contribution in [-0.2, 0) is 4.79 Å². The van der Waals surface area contributed by atoms with E-state index in [2.05, 4.69) is 5.32 Å². The second kappa shape index (κ2) is 7.69. The van der Waals surface area contributed by atoms with Crippen molar-refractivity contribution in [1.82, 2.24) is 10.2 Å². The number of thiocarbonyl (C=S) groups is 1. The number of allylic oxidation sites excluding steroid dienone is 1. The van der Waals surface area contributed by atoms with Gasteiger partial charge in [-0.15, -0.1) is 0 Å². The van der Waals surface area contributed by atoms with Crippen molar-refractivity contribution in [2.24, 2.45) is 0 Å². The van der Waals surface area contributed by atoms with Gasteiger partial charge in [0.15, 0.2) is 10.9 Å². The van der Waals surface area contributed by atoms with E-state index >= 15 is 0 Å². The monoisotopic (exact) mass is 379 g/mol. The van der Waals surface area contributed by atoms with E-state index in [1.807, 2.05) is 18.7 Å². The molecule has 0 saturated heterocycles. The van der Waals surface area contributed by atoms with Gasteiger partial charge in [-0.05, 0) is 33.0 Å². The highest BCUT2D eigenvalue weighted by Gasteiger charge is 2.35. The van der Waals surface area contributed by atoms with Crippen molar-refractivity contribution in [3.63, 3.8) is 0 Å². The first kappa shape index (κ1) is 19.6. The normalized spacial score (nSPS) is 17.0. The zero-order chi connectivity index (χ0) is 19.6. The van der Waals surface area contributed by atoms with Crippen molar-refractivity contribution < 1.29 is 19.2 Å². The molecule has 2 rings (SSSR count). The second-order valence-electron chi connectivity index (χ2n) is 5.71. The van der Waals surface area contributed by atoms with E-state index in [4.69, 9.17) is 21.7 Å². The maximum Gasteiger partial charge on any atom is 0.311 e. The Labute approximate surface area is 156 Å². The summed E-state index contributed by atoms with van der Waals surface area (Å²) in [5.41, 5.74) is 1.43. The summed E-state index contributed by atoms with van der Waals surface area (Å²) in [5.74, 6) is 0.292. The number of benzene rings is 1. The summed E-state index contributed by atoms with van der Waals surface area (Å²) in [6.07, 6.45) is 0. The van der Waals surface area contributed by atoms with Crippen molar-refractivity contribution in [1.29, 1.82) is 0 Å². The van der Waals surface area contributed by atoms with Gasteiger partial charge in [-0.2, -0.15) is 0 Å². The molecule has 9 heteroatoms. The van der Waals surface area contributed by atoms with Crippen molar-refractivity contribution >= 4 is 28.8 Å². The molecule has 0 aliphatic carbocycles. The Balaban J connectivity index is 2.74. The standard InChI is InChI=1S/C17H21N3O5S/c1-6-19-9(2)15(10(3)21)16(18-17(19)26)11-7-12(20(22)23)14(25-5)8-13(11)24-4/h7-8,16H,6H2,1-5H3,(H,18,26). The van der Waals surface area contributed by atoms with Crippen LogP contribution in [0.2, 0.25) is 0 Å². The van der Waals surface area contributed by atoms with Gasteiger partial charge in [-0.1, -0.05) is 0 Å². The van der Waals surface area contributed by atoms with Crippen molar-refractivity contribution in [3.8, 4) is 11.5 Å². The molecule has 1 N–H and O–H groups in total. The van der Waals surface area contributed by atoms with Crippen LogP contribution in [0.3, 0.4) is 0 Å². The minimum Gasteiger partial charge on any atom is -0.496 e. The van der Waals surface area contributed by atoms with E-state index < -0.39 is 11.0 Å². The molecule has 0 bridgehead atoms. The molecule has 0 saturated carbocycles. The number of nitro benzene ring substituents is 1. The highest BCUT2D eigenvalue weighted by atomic mass is 32.1. The Morgan fingerprint density at radius 2 is 1.96 bits per heavy atom. The zero-order valence-corrected chi connectivity index (χ0v) is 16.1. The molecule has 1 aliphatic rings. The van der Waals surface area contributed by atoms with E-state index in [-0.39, 0.29) is 17.2 Å². The number of methoxy groups -OCH3 is 2. The van der Waals surface area contributed by atoms with Crippen molar-refractivity contribution in [2.75, 3.05) is 20.8 Å². The lowest BCUT2D eigenvalue weighted by atomic mass is 9.91. The SMILES string of the molecule is CCN1C(=S)NC(c2cc([N+](=O)[O-])c(OC)cc2OC)C(C(C)=O)=C1C. The number of nitrogens with one attached hydrogen (secondary N) is 1. The Kier molecular flexibility index (Phi) is 5.81. The number of nitrogens with zero attached hydrogens (tertiary/aromatic N) is 2. The summed E-state index contributed by atoms with van der Waals surface area (Å²) in [5, 5.41) is 15.0. The molecule has 1 aromatic carbocycles. The summed E-state index contributed by atoms with van der Waals surface area (Å²) in [6, 6.07) is 2.15. The molecule has 1 aromatic rings. The summed E-state index contributed by atoms with van der Waals surface area (Å²) >= 11 is 5.40. The van der Waals surface area contributed by atoms with E-state index in [0.29, 0.717) is 34.2 Å². The highest BCUT2D eigenvalue weighted by Crippen LogP contribution is 2.41. The van der Waals surface area contributed by atoms with E-state index in [1.165, 1.54) is 33.3 Å². The third kappa shape index (κ3) is 3.34. The predicted octanol–water partition coefficient (Wildman–Crippen LogP) is 2.73. The van der Waals surface area contributed by atoms with E-state index in [9.17, 15) is 14.9 Å². The number of rotatable bonds is 6. The molecule has 26 heavy (non-hydrogen) atoms. The maximum absolute atomic E-state index is 12.3. The zero-order valence-electron chi connectivity index (χ0n) is 15.3. The van der Waals surface area contributed by atoms with Crippen LogP contribution >= 0.6 is 12.2 Å².